The standard InChI is InChI=1S/C25H45NO3S/c1-3-4-5-6-7-8-9-10-11-12-13-14-15-16-17-20-23-30(28,29)26(2)24-21-18-19-22-25(24)27/h18-19,21-22,27H,3-17,20,23H2,1-2H3. The van der Waals surface area contributed by atoms with Crippen LogP contribution in [0.2, 0.25) is 0 Å². The first-order valence-electron chi connectivity index (χ1n) is 12.2. The summed E-state index contributed by atoms with van der Waals surface area (Å²) in [5.41, 5.74) is 0.342. The molecule has 0 heterocycles. The van der Waals surface area contributed by atoms with E-state index in [1.54, 1.807) is 18.2 Å². The molecule has 0 aliphatic heterocycles. The normalized spacial score (nSPS) is 11.7. The first-order chi connectivity index (χ1) is 14.5. The summed E-state index contributed by atoms with van der Waals surface area (Å²) in [7, 11) is -1.87. The van der Waals surface area contributed by atoms with Crippen LogP contribution in [0, 0.1) is 0 Å². The minimum atomic E-state index is -3.38. The summed E-state index contributed by atoms with van der Waals surface area (Å²) in [6, 6.07) is 6.56. The molecule has 0 atom stereocenters. The average molecular weight is 440 g/mol. The molecule has 1 aromatic carbocycles. The fraction of sp³-hybridized carbons (Fsp3) is 0.760. The lowest BCUT2D eigenvalue weighted by molar-refractivity contribution is 0.476. The number of phenolic OH excluding ortho intramolecular Hbond substituents is 1. The molecule has 174 valence electrons. The van der Waals surface area contributed by atoms with Crippen LogP contribution in [0.4, 0.5) is 5.69 Å². The molecule has 0 aromatic heterocycles. The van der Waals surface area contributed by atoms with Crippen molar-refractivity contribution in [2.24, 2.45) is 0 Å². The highest BCUT2D eigenvalue weighted by Gasteiger charge is 2.20. The quantitative estimate of drug-likeness (QED) is 0.228. The Morgan fingerprint density at radius 2 is 1.10 bits per heavy atom. The summed E-state index contributed by atoms with van der Waals surface area (Å²) in [6.07, 6.45) is 20.4. The van der Waals surface area contributed by atoms with Crippen LogP contribution in [0.1, 0.15) is 110 Å². The van der Waals surface area contributed by atoms with Gasteiger partial charge in [0.15, 0.2) is 0 Å². The molecule has 0 aliphatic rings. The summed E-state index contributed by atoms with van der Waals surface area (Å²) in [5.74, 6) is 0.131. The largest absolute Gasteiger partial charge is 0.506 e. The number of rotatable bonds is 19. The van der Waals surface area contributed by atoms with Crippen molar-refractivity contribution < 1.29 is 13.5 Å². The molecule has 1 rings (SSSR count). The molecule has 30 heavy (non-hydrogen) atoms. The molecule has 1 aromatic rings. The predicted octanol–water partition coefficient (Wildman–Crippen LogP) is 7.42. The third kappa shape index (κ3) is 11.8. The highest BCUT2D eigenvalue weighted by Crippen LogP contribution is 2.27. The SMILES string of the molecule is CCCCCCCCCCCCCCCCCCS(=O)(=O)N(C)c1ccccc1O. The predicted molar refractivity (Wildman–Crippen MR) is 130 cm³/mol. The second-order valence-corrected chi connectivity index (χ2v) is 10.7. The smallest absolute Gasteiger partial charge is 0.235 e. The maximum atomic E-state index is 12.4. The Hall–Kier alpha value is -1.23. The number of anilines is 1. The summed E-state index contributed by atoms with van der Waals surface area (Å²) in [4.78, 5) is 0. The lowest BCUT2D eigenvalue weighted by atomic mass is 10.0. The Balaban J connectivity index is 1.96. The molecule has 0 bridgehead atoms. The molecular formula is C25H45NO3S. The number of hydrogen-bond donors (Lipinski definition) is 1. The first kappa shape index (κ1) is 26.8. The molecular weight excluding hydrogens is 394 g/mol. The number of phenols is 1. The molecule has 0 amide bonds. The van der Waals surface area contributed by atoms with Gasteiger partial charge in [-0.2, -0.15) is 0 Å². The number of hydrogen-bond acceptors (Lipinski definition) is 3. The van der Waals surface area contributed by atoms with Gasteiger partial charge < -0.3 is 5.11 Å². The summed E-state index contributed by atoms with van der Waals surface area (Å²) >= 11 is 0. The number of unbranched alkanes of at least 4 members (excludes halogenated alkanes) is 15. The Morgan fingerprint density at radius 1 is 0.700 bits per heavy atom. The molecule has 0 radical (unpaired) electrons. The maximum absolute atomic E-state index is 12.4. The zero-order valence-corrected chi connectivity index (χ0v) is 20.3. The van der Waals surface area contributed by atoms with Crippen LogP contribution in [-0.4, -0.2) is 26.3 Å². The number of nitrogens with zero attached hydrogens (tertiary/aromatic N) is 1. The van der Waals surface area contributed by atoms with Gasteiger partial charge >= 0.3 is 0 Å². The molecule has 5 heteroatoms. The molecule has 0 fully saturated rings. The third-order valence-electron chi connectivity index (χ3n) is 5.89. The van der Waals surface area contributed by atoms with Crippen LogP contribution in [-0.2, 0) is 10.0 Å². The molecule has 0 unspecified atom stereocenters. The summed E-state index contributed by atoms with van der Waals surface area (Å²) in [6.45, 7) is 2.27. The van der Waals surface area contributed by atoms with Gasteiger partial charge in [-0.3, -0.25) is 4.31 Å². The minimum absolute atomic E-state index is 0.00412. The fourth-order valence-corrected chi connectivity index (χ4v) is 5.15. The Kier molecular flexibility index (Phi) is 14.7. The van der Waals surface area contributed by atoms with Crippen molar-refractivity contribution in [1.82, 2.24) is 0 Å². The van der Waals surface area contributed by atoms with Crippen molar-refractivity contribution in [3.05, 3.63) is 24.3 Å². The topological polar surface area (TPSA) is 57.6 Å². The highest BCUT2D eigenvalue weighted by atomic mass is 32.2. The first-order valence-corrected chi connectivity index (χ1v) is 13.8. The number of benzene rings is 1. The van der Waals surface area contributed by atoms with Crippen molar-refractivity contribution in [1.29, 1.82) is 0 Å². The molecule has 4 nitrogen and oxygen atoms in total. The van der Waals surface area contributed by atoms with Crippen LogP contribution >= 0.6 is 0 Å². The maximum Gasteiger partial charge on any atom is 0.235 e. The van der Waals surface area contributed by atoms with Crippen molar-refractivity contribution in [3.63, 3.8) is 0 Å². The van der Waals surface area contributed by atoms with Crippen molar-refractivity contribution >= 4 is 15.7 Å². The average Bonchev–Trinajstić information content (AvgIpc) is 2.73. The van der Waals surface area contributed by atoms with Gasteiger partial charge in [0, 0.05) is 7.05 Å². The van der Waals surface area contributed by atoms with E-state index in [0.29, 0.717) is 12.1 Å². The summed E-state index contributed by atoms with van der Waals surface area (Å²) < 4.78 is 26.1. The van der Waals surface area contributed by atoms with Crippen LogP contribution in [0.25, 0.3) is 0 Å². The van der Waals surface area contributed by atoms with E-state index >= 15 is 0 Å². The van der Waals surface area contributed by atoms with Crippen LogP contribution in [0.3, 0.4) is 0 Å². The van der Waals surface area contributed by atoms with Gasteiger partial charge in [0.25, 0.3) is 0 Å². The summed E-state index contributed by atoms with van der Waals surface area (Å²) in [5, 5.41) is 9.85. The number of sulfonamides is 1. The van der Waals surface area contributed by atoms with Gasteiger partial charge in [-0.05, 0) is 18.6 Å². The molecule has 0 saturated carbocycles. The van der Waals surface area contributed by atoms with E-state index in [-0.39, 0.29) is 11.5 Å². The Morgan fingerprint density at radius 3 is 1.53 bits per heavy atom. The van der Waals surface area contributed by atoms with E-state index in [2.05, 4.69) is 6.92 Å². The molecule has 0 aliphatic carbocycles. The Bertz CT molecular complexity index is 646. The van der Waals surface area contributed by atoms with E-state index in [4.69, 9.17) is 0 Å². The van der Waals surface area contributed by atoms with E-state index in [1.807, 2.05) is 0 Å². The molecule has 0 spiro atoms. The second-order valence-electron chi connectivity index (χ2n) is 8.58. The van der Waals surface area contributed by atoms with E-state index in [9.17, 15) is 13.5 Å². The zero-order chi connectivity index (χ0) is 22.1. The highest BCUT2D eigenvalue weighted by molar-refractivity contribution is 7.92. The van der Waals surface area contributed by atoms with Crippen LogP contribution in [0.5, 0.6) is 5.75 Å². The van der Waals surface area contributed by atoms with E-state index < -0.39 is 10.0 Å². The van der Waals surface area contributed by atoms with Gasteiger partial charge in [-0.25, -0.2) is 8.42 Å². The van der Waals surface area contributed by atoms with Crippen LogP contribution in [0.15, 0.2) is 24.3 Å². The number of aromatic hydroxyl groups is 1. The van der Waals surface area contributed by atoms with E-state index in [0.717, 1.165) is 12.8 Å². The van der Waals surface area contributed by atoms with Gasteiger partial charge in [0.1, 0.15) is 5.75 Å². The van der Waals surface area contributed by atoms with Gasteiger partial charge in [-0.1, -0.05) is 115 Å². The van der Waals surface area contributed by atoms with E-state index in [1.165, 1.54) is 101 Å². The van der Waals surface area contributed by atoms with Crippen LogP contribution < -0.4 is 4.31 Å². The number of para-hydroxylation sites is 2. The fourth-order valence-electron chi connectivity index (χ4n) is 3.85. The minimum Gasteiger partial charge on any atom is -0.506 e. The second kappa shape index (κ2) is 16.5. The Labute approximate surface area is 186 Å². The lowest BCUT2D eigenvalue weighted by Crippen LogP contribution is -2.29. The van der Waals surface area contributed by atoms with Gasteiger partial charge in [-0.15, -0.1) is 0 Å². The monoisotopic (exact) mass is 439 g/mol. The lowest BCUT2D eigenvalue weighted by Gasteiger charge is -2.20. The van der Waals surface area contributed by atoms with Crippen molar-refractivity contribution in [2.75, 3.05) is 17.1 Å². The zero-order valence-electron chi connectivity index (χ0n) is 19.4. The molecule has 1 N–H and O–H groups in total. The third-order valence-corrected chi connectivity index (χ3v) is 7.73. The van der Waals surface area contributed by atoms with Crippen molar-refractivity contribution in [3.8, 4) is 5.75 Å². The van der Waals surface area contributed by atoms with Gasteiger partial charge in [0.05, 0.1) is 11.4 Å². The van der Waals surface area contributed by atoms with Gasteiger partial charge in [0.2, 0.25) is 10.0 Å². The molecule has 0 saturated heterocycles. The van der Waals surface area contributed by atoms with Crippen molar-refractivity contribution in [2.45, 2.75) is 110 Å².